The maximum Gasteiger partial charge on any atom is 0.335 e. The van der Waals surface area contributed by atoms with Crippen molar-refractivity contribution in [3.63, 3.8) is 0 Å². The maximum absolute atomic E-state index is 12.9. The van der Waals surface area contributed by atoms with Gasteiger partial charge in [-0.2, -0.15) is 0 Å². The molecule has 1 N–H and O–H groups in total. The Morgan fingerprint density at radius 3 is 2.28 bits per heavy atom. The highest BCUT2D eigenvalue weighted by Crippen LogP contribution is 2.15. The molecule has 1 fully saturated rings. The van der Waals surface area contributed by atoms with Gasteiger partial charge >= 0.3 is 5.97 Å². The predicted octanol–water partition coefficient (Wildman–Crippen LogP) is 3.00. The number of aromatic carboxylic acids is 1. The highest BCUT2D eigenvalue weighted by atomic mass is 16.4. The molecule has 0 aromatic heterocycles. The van der Waals surface area contributed by atoms with Crippen molar-refractivity contribution in [3.05, 3.63) is 70.8 Å². The zero-order chi connectivity index (χ0) is 20.8. The third-order valence-electron chi connectivity index (χ3n) is 5.18. The van der Waals surface area contributed by atoms with Gasteiger partial charge in [0.1, 0.15) is 0 Å². The number of benzene rings is 2. The van der Waals surface area contributed by atoms with Crippen LogP contribution in [0.4, 0.5) is 0 Å². The maximum atomic E-state index is 12.9. The van der Waals surface area contributed by atoms with Crippen LogP contribution < -0.4 is 0 Å². The zero-order valence-corrected chi connectivity index (χ0v) is 16.6. The Labute approximate surface area is 170 Å². The molecule has 0 atom stereocenters. The second kappa shape index (κ2) is 9.37. The lowest BCUT2D eigenvalue weighted by Crippen LogP contribution is -2.37. The molecule has 0 saturated carbocycles. The van der Waals surface area contributed by atoms with Crippen LogP contribution in [0, 0.1) is 6.92 Å². The lowest BCUT2D eigenvalue weighted by atomic mass is 10.1. The highest BCUT2D eigenvalue weighted by molar-refractivity contribution is 5.98. The van der Waals surface area contributed by atoms with Gasteiger partial charge in [-0.15, -0.1) is 0 Å². The summed E-state index contributed by atoms with van der Waals surface area (Å²) in [6, 6.07) is 14.6. The van der Waals surface area contributed by atoms with Gasteiger partial charge in [0.2, 0.25) is 5.91 Å². The summed E-state index contributed by atoms with van der Waals surface area (Å²) in [7, 11) is 0. The topological polar surface area (TPSA) is 77.9 Å². The first kappa shape index (κ1) is 20.6. The predicted molar refractivity (Wildman–Crippen MR) is 110 cm³/mol. The Morgan fingerprint density at radius 2 is 1.55 bits per heavy atom. The van der Waals surface area contributed by atoms with Crippen LogP contribution in [0.3, 0.4) is 0 Å². The number of carboxylic acids is 1. The molecule has 6 heteroatoms. The molecule has 1 aliphatic heterocycles. The van der Waals surface area contributed by atoms with E-state index in [2.05, 4.69) is 0 Å². The van der Waals surface area contributed by atoms with Crippen molar-refractivity contribution < 1.29 is 19.5 Å². The quantitative estimate of drug-likeness (QED) is 0.846. The van der Waals surface area contributed by atoms with Crippen LogP contribution in [-0.2, 0) is 11.2 Å². The largest absolute Gasteiger partial charge is 0.478 e. The number of aryl methyl sites for hydroxylation is 2. The van der Waals surface area contributed by atoms with Gasteiger partial charge in [0.25, 0.3) is 5.91 Å². The molecule has 1 heterocycles. The minimum atomic E-state index is -1.05. The fourth-order valence-electron chi connectivity index (χ4n) is 3.64. The average Bonchev–Trinajstić information content (AvgIpc) is 2.98. The van der Waals surface area contributed by atoms with Crippen LogP contribution in [0.5, 0.6) is 0 Å². The molecule has 1 saturated heterocycles. The van der Waals surface area contributed by atoms with Crippen LogP contribution in [0.2, 0.25) is 0 Å². The molecule has 0 radical (unpaired) electrons. The highest BCUT2D eigenvalue weighted by Gasteiger charge is 2.23. The van der Waals surface area contributed by atoms with E-state index < -0.39 is 5.97 Å². The Morgan fingerprint density at radius 1 is 0.897 bits per heavy atom. The lowest BCUT2D eigenvalue weighted by Gasteiger charge is -2.22. The molecule has 1 aliphatic rings. The van der Waals surface area contributed by atoms with Crippen molar-refractivity contribution in [2.45, 2.75) is 26.2 Å². The first-order valence-electron chi connectivity index (χ1n) is 9.90. The van der Waals surface area contributed by atoms with Gasteiger partial charge in [0.05, 0.1) is 5.56 Å². The Kier molecular flexibility index (Phi) is 6.65. The lowest BCUT2D eigenvalue weighted by molar-refractivity contribution is -0.131. The number of nitrogens with zero attached hydrogens (tertiary/aromatic N) is 2. The van der Waals surface area contributed by atoms with Crippen LogP contribution in [0.15, 0.2) is 48.5 Å². The van der Waals surface area contributed by atoms with E-state index in [1.165, 1.54) is 6.07 Å². The number of hydrogen-bond acceptors (Lipinski definition) is 3. The van der Waals surface area contributed by atoms with Crippen molar-refractivity contribution in [2.24, 2.45) is 0 Å². The fraction of sp³-hybridized carbons (Fsp3) is 0.348. The first-order chi connectivity index (χ1) is 13.9. The molecular weight excluding hydrogens is 368 g/mol. The summed E-state index contributed by atoms with van der Waals surface area (Å²) in [5, 5.41) is 9.23. The molecular formula is C23H26N2O4. The van der Waals surface area contributed by atoms with Crippen LogP contribution >= 0.6 is 0 Å². The molecule has 2 amide bonds. The Balaban J connectivity index is 1.60. The summed E-state index contributed by atoms with van der Waals surface area (Å²) < 4.78 is 0. The zero-order valence-electron chi connectivity index (χ0n) is 16.6. The number of carbonyl (C=O) groups excluding carboxylic acids is 2. The molecule has 29 heavy (non-hydrogen) atoms. The van der Waals surface area contributed by atoms with Crippen LogP contribution in [-0.4, -0.2) is 58.9 Å². The Bertz CT molecular complexity index is 895. The minimum Gasteiger partial charge on any atom is -0.478 e. The minimum absolute atomic E-state index is 0.104. The molecule has 6 nitrogen and oxygen atoms in total. The van der Waals surface area contributed by atoms with E-state index >= 15 is 0 Å². The second-order valence-corrected chi connectivity index (χ2v) is 7.41. The molecule has 2 aromatic carbocycles. The fourth-order valence-corrected chi connectivity index (χ4v) is 3.64. The smallest absolute Gasteiger partial charge is 0.335 e. The molecule has 152 valence electrons. The van der Waals surface area contributed by atoms with Crippen molar-refractivity contribution in [1.82, 2.24) is 9.80 Å². The number of amides is 2. The molecule has 0 spiro atoms. The van der Waals surface area contributed by atoms with E-state index in [1.54, 1.807) is 24.0 Å². The average molecular weight is 394 g/mol. The normalized spacial score (nSPS) is 14.4. The number of carboxylic acid groups (broad SMARTS) is 1. The summed E-state index contributed by atoms with van der Waals surface area (Å²) in [5.74, 6) is -1.13. The van der Waals surface area contributed by atoms with Gasteiger partial charge < -0.3 is 14.9 Å². The SMILES string of the molecule is Cc1cc(C(=O)O)cc(C(=O)N2CCCN(C(=O)CCc3ccccc3)CC2)c1. The van der Waals surface area contributed by atoms with Crippen LogP contribution in [0.1, 0.15) is 44.7 Å². The van der Waals surface area contributed by atoms with Crippen molar-refractivity contribution >= 4 is 17.8 Å². The van der Waals surface area contributed by atoms with Crippen molar-refractivity contribution in [1.29, 1.82) is 0 Å². The molecule has 0 unspecified atom stereocenters. The van der Waals surface area contributed by atoms with E-state index in [0.717, 1.165) is 11.1 Å². The molecule has 0 bridgehead atoms. The van der Waals surface area contributed by atoms with E-state index in [1.807, 2.05) is 35.2 Å². The molecule has 0 aliphatic carbocycles. The van der Waals surface area contributed by atoms with Crippen molar-refractivity contribution in [3.8, 4) is 0 Å². The van der Waals surface area contributed by atoms with Gasteiger partial charge in [-0.25, -0.2) is 4.79 Å². The van der Waals surface area contributed by atoms with E-state index in [9.17, 15) is 19.5 Å². The van der Waals surface area contributed by atoms with Gasteiger partial charge in [-0.3, -0.25) is 9.59 Å². The second-order valence-electron chi connectivity index (χ2n) is 7.41. The van der Waals surface area contributed by atoms with Gasteiger partial charge in [-0.1, -0.05) is 30.3 Å². The standard InChI is InChI=1S/C23H26N2O4/c1-17-14-19(16-20(15-17)23(28)29)22(27)25-11-5-10-24(12-13-25)21(26)9-8-18-6-3-2-4-7-18/h2-4,6-7,14-16H,5,8-13H2,1H3,(H,28,29). The monoisotopic (exact) mass is 394 g/mol. The van der Waals surface area contributed by atoms with E-state index in [4.69, 9.17) is 0 Å². The summed E-state index contributed by atoms with van der Waals surface area (Å²) in [6.45, 7) is 3.91. The summed E-state index contributed by atoms with van der Waals surface area (Å²) in [5.41, 5.74) is 2.37. The number of carbonyl (C=O) groups is 3. The number of rotatable bonds is 5. The summed E-state index contributed by atoms with van der Waals surface area (Å²) >= 11 is 0. The van der Waals surface area contributed by atoms with E-state index in [-0.39, 0.29) is 17.4 Å². The molecule has 2 aromatic rings. The Hall–Kier alpha value is -3.15. The van der Waals surface area contributed by atoms with Gasteiger partial charge in [-0.05, 0) is 49.1 Å². The van der Waals surface area contributed by atoms with Crippen LogP contribution in [0.25, 0.3) is 0 Å². The van der Waals surface area contributed by atoms with Gasteiger partial charge in [0, 0.05) is 38.2 Å². The molecule has 3 rings (SSSR count). The summed E-state index contributed by atoms with van der Waals surface area (Å²) in [4.78, 5) is 40.3. The van der Waals surface area contributed by atoms with Gasteiger partial charge in [0.15, 0.2) is 0 Å². The van der Waals surface area contributed by atoms with E-state index in [0.29, 0.717) is 51.0 Å². The third-order valence-corrected chi connectivity index (χ3v) is 5.18. The summed E-state index contributed by atoms with van der Waals surface area (Å²) in [6.07, 6.45) is 1.87. The van der Waals surface area contributed by atoms with Crippen molar-refractivity contribution in [2.75, 3.05) is 26.2 Å². The number of hydrogen-bond donors (Lipinski definition) is 1. The third kappa shape index (κ3) is 5.44. The first-order valence-corrected chi connectivity index (χ1v) is 9.90.